The summed E-state index contributed by atoms with van der Waals surface area (Å²) in [4.78, 5) is 27.9. The average Bonchev–Trinajstić information content (AvgIpc) is 2.78. The largest absolute Gasteiger partial charge is 0.354 e. The van der Waals surface area contributed by atoms with Crippen molar-refractivity contribution in [1.82, 2.24) is 10.2 Å². The second-order valence-corrected chi connectivity index (χ2v) is 10.8. The fraction of sp³-hybridized carbons (Fsp3) is 0.417. The van der Waals surface area contributed by atoms with Crippen LogP contribution in [0.4, 0.5) is 5.69 Å². The van der Waals surface area contributed by atoms with Crippen LogP contribution in [-0.2, 0) is 26.2 Å². The highest BCUT2D eigenvalue weighted by atomic mass is 35.5. The van der Waals surface area contributed by atoms with Crippen molar-refractivity contribution >= 4 is 50.7 Å². The Kier molecular flexibility index (Phi) is 10.2. The number of nitrogens with one attached hydrogen (secondary N) is 1. The molecule has 2 amide bonds. The molecule has 2 aromatic rings. The van der Waals surface area contributed by atoms with Crippen molar-refractivity contribution in [2.75, 3.05) is 23.7 Å². The molecule has 34 heavy (non-hydrogen) atoms. The number of nitrogens with zero attached hydrogens (tertiary/aromatic N) is 2. The van der Waals surface area contributed by atoms with E-state index in [1.165, 1.54) is 23.1 Å². The Morgan fingerprint density at radius 3 is 2.26 bits per heavy atom. The van der Waals surface area contributed by atoms with Gasteiger partial charge in [0, 0.05) is 18.1 Å². The highest BCUT2D eigenvalue weighted by molar-refractivity contribution is 7.92. The Bertz CT molecular complexity index is 1110. The lowest BCUT2D eigenvalue weighted by Crippen LogP contribution is -2.52. The van der Waals surface area contributed by atoms with Gasteiger partial charge < -0.3 is 10.2 Å². The Balaban J connectivity index is 2.45. The number of hydrogen-bond donors (Lipinski definition) is 1. The monoisotopic (exact) mass is 527 g/mol. The van der Waals surface area contributed by atoms with E-state index in [1.807, 2.05) is 45.0 Å². The van der Waals surface area contributed by atoms with Crippen LogP contribution in [0.1, 0.15) is 37.8 Å². The molecular formula is C24H31Cl2N3O4S. The number of anilines is 1. The summed E-state index contributed by atoms with van der Waals surface area (Å²) >= 11 is 12.3. The third-order valence-corrected chi connectivity index (χ3v) is 6.95. The highest BCUT2D eigenvalue weighted by Gasteiger charge is 2.32. The van der Waals surface area contributed by atoms with E-state index >= 15 is 0 Å². The summed E-state index contributed by atoms with van der Waals surface area (Å²) in [5, 5.41) is 3.26. The van der Waals surface area contributed by atoms with Gasteiger partial charge in [0.1, 0.15) is 12.6 Å². The second-order valence-electron chi connectivity index (χ2n) is 8.09. The lowest BCUT2D eigenvalue weighted by molar-refractivity contribution is -0.140. The molecule has 0 spiro atoms. The van der Waals surface area contributed by atoms with Crippen molar-refractivity contribution in [2.24, 2.45) is 0 Å². The summed E-state index contributed by atoms with van der Waals surface area (Å²) in [6.45, 7) is 5.82. The molecule has 1 atom stereocenters. The number of rotatable bonds is 11. The smallest absolute Gasteiger partial charge is 0.244 e. The summed E-state index contributed by atoms with van der Waals surface area (Å²) in [5.74, 6) is -0.808. The number of benzene rings is 2. The van der Waals surface area contributed by atoms with Crippen LogP contribution in [-0.4, -0.2) is 50.5 Å². The molecule has 0 bridgehead atoms. The third kappa shape index (κ3) is 7.61. The number of carbonyl (C=O) groups excluding carboxylic acids is 2. The van der Waals surface area contributed by atoms with Crippen LogP contribution in [0.5, 0.6) is 0 Å². The van der Waals surface area contributed by atoms with Gasteiger partial charge in [-0.2, -0.15) is 0 Å². The molecule has 0 aliphatic heterocycles. The van der Waals surface area contributed by atoms with Gasteiger partial charge in [-0.25, -0.2) is 8.42 Å². The fourth-order valence-corrected chi connectivity index (χ4v) is 4.74. The molecule has 10 heteroatoms. The zero-order chi connectivity index (χ0) is 25.5. The minimum atomic E-state index is -3.89. The van der Waals surface area contributed by atoms with Crippen LogP contribution < -0.4 is 9.62 Å². The Hall–Kier alpha value is -2.29. The predicted molar refractivity (Wildman–Crippen MR) is 138 cm³/mol. The van der Waals surface area contributed by atoms with Crippen LogP contribution in [0.25, 0.3) is 0 Å². The zero-order valence-corrected chi connectivity index (χ0v) is 22.2. The number of hydrogen-bond acceptors (Lipinski definition) is 4. The molecule has 2 rings (SSSR count). The second kappa shape index (κ2) is 12.4. The molecule has 0 radical (unpaired) electrons. The lowest BCUT2D eigenvalue weighted by atomic mass is 10.1. The molecule has 0 unspecified atom stereocenters. The van der Waals surface area contributed by atoms with Gasteiger partial charge in [-0.3, -0.25) is 13.9 Å². The van der Waals surface area contributed by atoms with E-state index in [0.717, 1.165) is 28.1 Å². The molecule has 0 aliphatic carbocycles. The summed E-state index contributed by atoms with van der Waals surface area (Å²) in [6.07, 6.45) is 2.11. The van der Waals surface area contributed by atoms with Gasteiger partial charge in [0.2, 0.25) is 21.8 Å². The number of aryl methyl sites for hydroxylation is 1. The average molecular weight is 529 g/mol. The summed E-state index contributed by atoms with van der Waals surface area (Å²) in [7, 11) is -3.89. The first-order valence-corrected chi connectivity index (χ1v) is 13.6. The standard InChI is InChI=1S/C24H31Cl2N3O4S/c1-5-13-27-24(31)21(6-2)28(15-18-9-7-17(3)8-10-18)23(30)16-29(34(4,32)33)22-14-19(25)11-12-20(22)26/h7-12,14,21H,5-6,13,15-16H2,1-4H3,(H,27,31)/t21-/m1/s1. The molecule has 0 heterocycles. The van der Waals surface area contributed by atoms with Crippen LogP contribution in [0.2, 0.25) is 10.0 Å². The third-order valence-electron chi connectivity index (χ3n) is 5.26. The molecule has 0 saturated heterocycles. The SMILES string of the molecule is CCCNC(=O)[C@@H](CC)N(Cc1ccc(C)cc1)C(=O)CN(c1cc(Cl)ccc1Cl)S(C)(=O)=O. The number of halogens is 2. The predicted octanol–water partition coefficient (Wildman–Crippen LogP) is 4.40. The summed E-state index contributed by atoms with van der Waals surface area (Å²) in [6, 6.07) is 11.2. The van der Waals surface area contributed by atoms with Gasteiger partial charge in [-0.05, 0) is 43.5 Å². The molecule has 7 nitrogen and oxygen atoms in total. The van der Waals surface area contributed by atoms with Crippen molar-refractivity contribution in [2.45, 2.75) is 46.2 Å². The quantitative estimate of drug-likeness (QED) is 0.469. The molecular weight excluding hydrogens is 497 g/mol. The molecule has 2 aromatic carbocycles. The number of amides is 2. The van der Waals surface area contributed by atoms with Crippen LogP contribution in [0.15, 0.2) is 42.5 Å². The van der Waals surface area contributed by atoms with Gasteiger partial charge in [0.05, 0.1) is 17.0 Å². The summed E-state index contributed by atoms with van der Waals surface area (Å²) < 4.78 is 26.2. The van der Waals surface area contributed by atoms with E-state index in [0.29, 0.717) is 13.0 Å². The highest BCUT2D eigenvalue weighted by Crippen LogP contribution is 2.31. The van der Waals surface area contributed by atoms with Gasteiger partial charge in [-0.1, -0.05) is 66.9 Å². The van der Waals surface area contributed by atoms with Crippen molar-refractivity contribution in [3.63, 3.8) is 0 Å². The molecule has 1 N–H and O–H groups in total. The topological polar surface area (TPSA) is 86.8 Å². The lowest BCUT2D eigenvalue weighted by Gasteiger charge is -2.33. The maximum Gasteiger partial charge on any atom is 0.244 e. The molecule has 0 aliphatic rings. The molecule has 186 valence electrons. The number of sulfonamides is 1. The van der Waals surface area contributed by atoms with E-state index in [1.54, 1.807) is 0 Å². The van der Waals surface area contributed by atoms with Crippen molar-refractivity contribution < 1.29 is 18.0 Å². The first kappa shape index (κ1) is 28.0. The first-order chi connectivity index (χ1) is 16.0. The Morgan fingerprint density at radius 1 is 1.06 bits per heavy atom. The van der Waals surface area contributed by atoms with E-state index in [2.05, 4.69) is 5.32 Å². The van der Waals surface area contributed by atoms with Gasteiger partial charge in [0.25, 0.3) is 0 Å². The van der Waals surface area contributed by atoms with Gasteiger partial charge >= 0.3 is 0 Å². The molecule has 0 fully saturated rings. The van der Waals surface area contributed by atoms with E-state index in [9.17, 15) is 18.0 Å². The van der Waals surface area contributed by atoms with Crippen molar-refractivity contribution in [3.05, 3.63) is 63.6 Å². The summed E-state index contributed by atoms with van der Waals surface area (Å²) in [5.41, 5.74) is 1.99. The van der Waals surface area contributed by atoms with E-state index in [4.69, 9.17) is 23.2 Å². The normalized spacial score (nSPS) is 12.2. The van der Waals surface area contributed by atoms with Crippen molar-refractivity contribution in [3.8, 4) is 0 Å². The van der Waals surface area contributed by atoms with Gasteiger partial charge in [-0.15, -0.1) is 0 Å². The minimum absolute atomic E-state index is 0.101. The van der Waals surface area contributed by atoms with Gasteiger partial charge in [0.15, 0.2) is 0 Å². The maximum atomic E-state index is 13.6. The number of carbonyl (C=O) groups is 2. The maximum absolute atomic E-state index is 13.6. The van der Waals surface area contributed by atoms with E-state index in [-0.39, 0.29) is 28.2 Å². The van der Waals surface area contributed by atoms with Crippen LogP contribution in [0.3, 0.4) is 0 Å². The Morgan fingerprint density at radius 2 is 1.71 bits per heavy atom. The molecule has 0 aromatic heterocycles. The zero-order valence-electron chi connectivity index (χ0n) is 19.8. The van der Waals surface area contributed by atoms with Crippen molar-refractivity contribution in [1.29, 1.82) is 0 Å². The molecule has 0 saturated carbocycles. The first-order valence-electron chi connectivity index (χ1n) is 11.0. The minimum Gasteiger partial charge on any atom is -0.354 e. The van der Waals surface area contributed by atoms with E-state index < -0.39 is 28.5 Å². The van der Waals surface area contributed by atoms with Crippen LogP contribution in [0, 0.1) is 6.92 Å². The fourth-order valence-electron chi connectivity index (χ4n) is 3.45. The van der Waals surface area contributed by atoms with Crippen LogP contribution >= 0.6 is 23.2 Å². The Labute approximate surface area is 212 Å².